The van der Waals surface area contributed by atoms with Crippen molar-refractivity contribution in [2.24, 2.45) is 0 Å². The first-order valence-corrected chi connectivity index (χ1v) is 9.64. The molecule has 6 heteroatoms. The van der Waals surface area contributed by atoms with Gasteiger partial charge in [0.05, 0.1) is 18.3 Å². The van der Waals surface area contributed by atoms with Gasteiger partial charge in [0.15, 0.2) is 5.54 Å². The summed E-state index contributed by atoms with van der Waals surface area (Å²) in [4.78, 5) is 17.0. The molecule has 2 rings (SSSR count). The lowest BCUT2D eigenvalue weighted by Crippen LogP contribution is -2.48. The van der Waals surface area contributed by atoms with Crippen LogP contribution in [-0.2, 0) is 4.79 Å². The molecule has 0 saturated carbocycles. The van der Waals surface area contributed by atoms with Crippen molar-refractivity contribution >= 4 is 28.6 Å². The number of benzene rings is 1. The van der Waals surface area contributed by atoms with Crippen molar-refractivity contribution in [1.29, 1.82) is 0 Å². The van der Waals surface area contributed by atoms with Crippen molar-refractivity contribution in [3.8, 4) is 36.2 Å². The molecule has 0 bridgehead atoms. The summed E-state index contributed by atoms with van der Waals surface area (Å²) in [5, 5.41) is 3.52. The van der Waals surface area contributed by atoms with Gasteiger partial charge in [-0.05, 0) is 50.8 Å². The Hall–Kier alpha value is -2.83. The molecule has 1 N–H and O–H groups in total. The number of amides is 1. The first-order chi connectivity index (χ1) is 12.9. The number of aromatic nitrogens is 1. The van der Waals surface area contributed by atoms with Crippen molar-refractivity contribution in [2.45, 2.75) is 31.7 Å². The minimum atomic E-state index is -1.16. The van der Waals surface area contributed by atoms with E-state index in [0.29, 0.717) is 18.1 Å². The lowest BCUT2D eigenvalue weighted by molar-refractivity contribution is -0.125. The van der Waals surface area contributed by atoms with Gasteiger partial charge in [-0.15, -0.1) is 24.6 Å². The van der Waals surface area contributed by atoms with Gasteiger partial charge in [0.1, 0.15) is 11.5 Å². The fourth-order valence-electron chi connectivity index (χ4n) is 2.44. The third-order valence-corrected chi connectivity index (χ3v) is 4.59. The van der Waals surface area contributed by atoms with Crippen LogP contribution in [0.25, 0.3) is 10.9 Å². The lowest BCUT2D eigenvalue weighted by Gasteiger charge is -2.23. The van der Waals surface area contributed by atoms with E-state index in [9.17, 15) is 4.79 Å². The standard InChI is InChI=1S/C21H22N2O3S/c1-7-21(5,8-2)23-19(24)20(27-6)26-16-10-14(4)18-15(11-16)12-17(13-22-18)25-9-3/h1-2,10-13,20H,9H2,3-6H3,(H,23,24). The van der Waals surface area contributed by atoms with Crippen LogP contribution in [-0.4, -0.2) is 34.7 Å². The monoisotopic (exact) mass is 382 g/mol. The molecule has 0 aliphatic carbocycles. The quantitative estimate of drug-likeness (QED) is 0.589. The number of carbonyl (C=O) groups is 1. The molecule has 0 spiro atoms. The highest BCUT2D eigenvalue weighted by atomic mass is 32.2. The topological polar surface area (TPSA) is 60.5 Å². The van der Waals surface area contributed by atoms with Crippen molar-refractivity contribution < 1.29 is 14.3 Å². The molecule has 140 valence electrons. The van der Waals surface area contributed by atoms with Crippen LogP contribution in [0.3, 0.4) is 0 Å². The van der Waals surface area contributed by atoms with Gasteiger partial charge in [0.2, 0.25) is 5.44 Å². The molecular weight excluding hydrogens is 360 g/mol. The zero-order valence-electron chi connectivity index (χ0n) is 15.8. The number of nitrogens with zero attached hydrogens (tertiary/aromatic N) is 1. The van der Waals surface area contributed by atoms with E-state index in [2.05, 4.69) is 22.1 Å². The first-order valence-electron chi connectivity index (χ1n) is 8.36. The van der Waals surface area contributed by atoms with Gasteiger partial charge in [-0.25, -0.2) is 0 Å². The maximum Gasteiger partial charge on any atom is 0.273 e. The van der Waals surface area contributed by atoms with E-state index in [1.165, 1.54) is 11.8 Å². The molecule has 5 nitrogen and oxygen atoms in total. The summed E-state index contributed by atoms with van der Waals surface area (Å²) in [6, 6.07) is 5.57. The number of ether oxygens (including phenoxy) is 2. The number of hydrogen-bond donors (Lipinski definition) is 1. The Balaban J connectivity index is 2.28. The average molecular weight is 382 g/mol. The van der Waals surface area contributed by atoms with E-state index in [0.717, 1.165) is 16.5 Å². The fraction of sp³-hybridized carbons (Fsp3) is 0.333. The van der Waals surface area contributed by atoms with Gasteiger partial charge in [0.25, 0.3) is 5.91 Å². The second-order valence-electron chi connectivity index (χ2n) is 6.00. The van der Waals surface area contributed by atoms with Crippen molar-refractivity contribution in [3.63, 3.8) is 0 Å². The number of fused-ring (bicyclic) bond motifs is 1. The number of thioether (sulfide) groups is 1. The molecule has 2 aromatic rings. The number of terminal acetylenes is 2. The van der Waals surface area contributed by atoms with E-state index in [4.69, 9.17) is 22.3 Å². The second kappa shape index (κ2) is 8.70. The Labute approximate surface area is 164 Å². The smallest absolute Gasteiger partial charge is 0.273 e. The molecule has 1 aromatic heterocycles. The number of carbonyl (C=O) groups excluding carboxylic acids is 1. The normalized spacial score (nSPS) is 11.9. The largest absolute Gasteiger partial charge is 0.492 e. The van der Waals surface area contributed by atoms with Crippen molar-refractivity contribution in [2.75, 3.05) is 12.9 Å². The van der Waals surface area contributed by atoms with E-state index in [1.807, 2.05) is 32.0 Å². The van der Waals surface area contributed by atoms with Crippen LogP contribution in [0, 0.1) is 31.6 Å². The SMILES string of the molecule is C#CC(C)(C#C)NC(=O)C(Oc1cc(C)c2ncc(OCC)cc2c1)SC. The number of hydrogen-bond acceptors (Lipinski definition) is 5. The highest BCUT2D eigenvalue weighted by molar-refractivity contribution is 7.99. The molecule has 1 amide bonds. The average Bonchev–Trinajstić information content (AvgIpc) is 2.65. The maximum absolute atomic E-state index is 12.5. The third-order valence-electron chi connectivity index (χ3n) is 3.85. The summed E-state index contributed by atoms with van der Waals surface area (Å²) in [6.45, 7) is 5.99. The zero-order valence-corrected chi connectivity index (χ0v) is 16.6. The van der Waals surface area contributed by atoms with Crippen LogP contribution >= 0.6 is 11.8 Å². The van der Waals surface area contributed by atoms with Gasteiger partial charge in [0, 0.05) is 5.39 Å². The molecule has 1 unspecified atom stereocenters. The Morgan fingerprint density at radius 1 is 1.33 bits per heavy atom. The fourth-order valence-corrected chi connectivity index (χ4v) is 2.92. The van der Waals surface area contributed by atoms with E-state index in [-0.39, 0.29) is 5.91 Å². The van der Waals surface area contributed by atoms with Crippen molar-refractivity contribution in [3.05, 3.63) is 30.0 Å². The predicted octanol–water partition coefficient (Wildman–Crippen LogP) is 3.15. The third kappa shape index (κ3) is 4.87. The molecule has 1 atom stereocenters. The summed E-state index contributed by atoms with van der Waals surface area (Å²) in [5.74, 6) is 5.64. The molecule has 1 heterocycles. The molecule has 1 aromatic carbocycles. The summed E-state index contributed by atoms with van der Waals surface area (Å²) >= 11 is 1.25. The van der Waals surface area contributed by atoms with E-state index in [1.54, 1.807) is 19.4 Å². The Kier molecular flexibility index (Phi) is 6.60. The molecule has 0 radical (unpaired) electrons. The number of rotatable bonds is 7. The van der Waals surface area contributed by atoms with Crippen LogP contribution in [0.15, 0.2) is 24.4 Å². The summed E-state index contributed by atoms with van der Waals surface area (Å²) < 4.78 is 11.4. The van der Waals surface area contributed by atoms with Gasteiger partial charge in [-0.2, -0.15) is 0 Å². The minimum Gasteiger partial charge on any atom is -0.492 e. The maximum atomic E-state index is 12.5. The minimum absolute atomic E-state index is 0.389. The van der Waals surface area contributed by atoms with Crippen molar-refractivity contribution in [1.82, 2.24) is 10.3 Å². The van der Waals surface area contributed by atoms with E-state index >= 15 is 0 Å². The van der Waals surface area contributed by atoms with Crippen LogP contribution < -0.4 is 14.8 Å². The second-order valence-corrected chi connectivity index (χ2v) is 6.90. The first kappa shape index (κ1) is 20.5. The summed E-state index contributed by atoms with van der Waals surface area (Å²) in [5.41, 5.74) is -0.179. The summed E-state index contributed by atoms with van der Waals surface area (Å²) in [6.07, 6.45) is 14.3. The molecule has 0 fully saturated rings. The molecule has 27 heavy (non-hydrogen) atoms. The van der Waals surface area contributed by atoms with Crippen LogP contribution in [0.5, 0.6) is 11.5 Å². The Bertz CT molecular complexity index is 913. The predicted molar refractivity (Wildman–Crippen MR) is 110 cm³/mol. The van der Waals surface area contributed by atoms with E-state index < -0.39 is 11.0 Å². The van der Waals surface area contributed by atoms with Gasteiger partial charge in [-0.1, -0.05) is 11.8 Å². The van der Waals surface area contributed by atoms with Gasteiger partial charge < -0.3 is 14.8 Å². The Morgan fingerprint density at radius 3 is 2.59 bits per heavy atom. The molecular formula is C21H22N2O3S. The highest BCUT2D eigenvalue weighted by Crippen LogP contribution is 2.28. The number of pyridine rings is 1. The van der Waals surface area contributed by atoms with Crippen LogP contribution in [0.1, 0.15) is 19.4 Å². The van der Waals surface area contributed by atoms with Gasteiger partial charge in [-0.3, -0.25) is 9.78 Å². The lowest BCUT2D eigenvalue weighted by atomic mass is 10.1. The van der Waals surface area contributed by atoms with Crippen LogP contribution in [0.4, 0.5) is 0 Å². The Morgan fingerprint density at radius 2 is 2.00 bits per heavy atom. The molecule has 0 aliphatic heterocycles. The molecule has 0 saturated heterocycles. The van der Waals surface area contributed by atoms with Gasteiger partial charge >= 0.3 is 0 Å². The molecule has 0 aliphatic rings. The van der Waals surface area contributed by atoms with Crippen LogP contribution in [0.2, 0.25) is 0 Å². The highest BCUT2D eigenvalue weighted by Gasteiger charge is 2.27. The summed E-state index contributed by atoms with van der Waals surface area (Å²) in [7, 11) is 0. The number of nitrogens with one attached hydrogen (secondary N) is 1. The zero-order chi connectivity index (χ0) is 20.0. The number of aryl methyl sites for hydroxylation is 1.